The summed E-state index contributed by atoms with van der Waals surface area (Å²) in [5.41, 5.74) is 19.2. The first kappa shape index (κ1) is 23.6. The second-order valence-corrected chi connectivity index (χ2v) is 12.6. The lowest BCUT2D eigenvalue weighted by Gasteiger charge is -2.31. The molecule has 1 spiro atoms. The molecule has 45 heavy (non-hydrogen) atoms. The van der Waals surface area contributed by atoms with Crippen LogP contribution in [-0.2, 0) is 5.41 Å². The van der Waals surface area contributed by atoms with Crippen LogP contribution < -0.4 is 0 Å². The normalized spacial score (nSPS) is 14.0. The van der Waals surface area contributed by atoms with Gasteiger partial charge in [-0.15, -0.1) is 0 Å². The molecule has 0 saturated heterocycles. The van der Waals surface area contributed by atoms with Gasteiger partial charge in [0.15, 0.2) is 0 Å². The Bertz CT molecular complexity index is 2550. The van der Waals surface area contributed by atoms with Crippen molar-refractivity contribution in [2.24, 2.45) is 0 Å². The first-order valence-electron chi connectivity index (χ1n) is 15.7. The van der Waals surface area contributed by atoms with Crippen LogP contribution in [0.3, 0.4) is 0 Å². The van der Waals surface area contributed by atoms with Crippen LogP contribution in [0.25, 0.3) is 77.3 Å². The second kappa shape index (κ2) is 8.22. The van der Waals surface area contributed by atoms with Crippen LogP contribution >= 0.6 is 0 Å². The van der Waals surface area contributed by atoms with Crippen LogP contribution in [0.2, 0.25) is 0 Å². The summed E-state index contributed by atoms with van der Waals surface area (Å²) in [4.78, 5) is 5.02. The largest absolute Gasteiger partial charge is 0.256 e. The van der Waals surface area contributed by atoms with E-state index in [-0.39, 0.29) is 0 Å². The molecule has 0 N–H and O–H groups in total. The molecule has 3 aliphatic carbocycles. The van der Waals surface area contributed by atoms with Crippen molar-refractivity contribution in [2.45, 2.75) is 5.41 Å². The van der Waals surface area contributed by atoms with Crippen LogP contribution in [0, 0.1) is 0 Å². The van der Waals surface area contributed by atoms with E-state index in [1.165, 1.54) is 88.7 Å². The zero-order chi connectivity index (χ0) is 29.3. The van der Waals surface area contributed by atoms with Crippen LogP contribution in [0.4, 0.5) is 0 Å². The molecule has 3 aliphatic rings. The lowest BCUT2D eigenvalue weighted by molar-refractivity contribution is 0.794. The third kappa shape index (κ3) is 2.70. The van der Waals surface area contributed by atoms with Gasteiger partial charge in [-0.2, -0.15) is 0 Å². The SMILES string of the molecule is c1ccc2c(c1)-c1ccccc1C21c2ccccc2-c2c1cc1c(c2-c2cccc3cccnc23)-c2cccc3cccc-1c23. The van der Waals surface area contributed by atoms with Gasteiger partial charge in [-0.3, -0.25) is 4.98 Å². The monoisotopic (exact) mass is 567 g/mol. The van der Waals surface area contributed by atoms with Gasteiger partial charge in [-0.1, -0.05) is 133 Å². The maximum atomic E-state index is 5.02. The van der Waals surface area contributed by atoms with Crippen molar-refractivity contribution in [3.8, 4) is 55.6 Å². The molecule has 0 radical (unpaired) electrons. The van der Waals surface area contributed by atoms with Gasteiger partial charge in [-0.25, -0.2) is 0 Å². The quantitative estimate of drug-likeness (QED) is 0.192. The molecule has 0 aliphatic heterocycles. The Morgan fingerprint density at radius 1 is 0.356 bits per heavy atom. The van der Waals surface area contributed by atoms with Gasteiger partial charge in [0, 0.05) is 22.7 Å². The van der Waals surface area contributed by atoms with Crippen LogP contribution in [0.15, 0.2) is 152 Å². The van der Waals surface area contributed by atoms with E-state index in [4.69, 9.17) is 4.98 Å². The van der Waals surface area contributed by atoms with Gasteiger partial charge in [0.25, 0.3) is 0 Å². The molecule has 0 saturated carbocycles. The molecule has 8 aromatic rings. The maximum absolute atomic E-state index is 5.02. The van der Waals surface area contributed by atoms with E-state index < -0.39 is 5.41 Å². The Morgan fingerprint density at radius 2 is 0.911 bits per heavy atom. The molecule has 0 unspecified atom stereocenters. The summed E-state index contributed by atoms with van der Waals surface area (Å²) in [7, 11) is 0. The Kier molecular flexibility index (Phi) is 4.32. The highest BCUT2D eigenvalue weighted by atomic mass is 14.7. The molecule has 0 amide bonds. The summed E-state index contributed by atoms with van der Waals surface area (Å²) in [5.74, 6) is 0. The Labute approximate surface area is 261 Å². The highest BCUT2D eigenvalue weighted by molar-refractivity contribution is 6.22. The van der Waals surface area contributed by atoms with Gasteiger partial charge in [0.2, 0.25) is 0 Å². The van der Waals surface area contributed by atoms with Crippen molar-refractivity contribution in [1.82, 2.24) is 4.98 Å². The molecule has 11 rings (SSSR count). The number of nitrogens with zero attached hydrogens (tertiary/aromatic N) is 1. The number of rotatable bonds is 1. The molecule has 206 valence electrons. The summed E-state index contributed by atoms with van der Waals surface area (Å²) < 4.78 is 0. The average molecular weight is 568 g/mol. The minimum absolute atomic E-state index is 0.413. The van der Waals surface area contributed by atoms with Crippen LogP contribution in [0.1, 0.15) is 22.3 Å². The number of hydrogen-bond donors (Lipinski definition) is 0. The van der Waals surface area contributed by atoms with E-state index in [1.54, 1.807) is 0 Å². The van der Waals surface area contributed by atoms with Gasteiger partial charge in [0.05, 0.1) is 10.9 Å². The highest BCUT2D eigenvalue weighted by Gasteiger charge is 2.53. The van der Waals surface area contributed by atoms with Crippen molar-refractivity contribution in [2.75, 3.05) is 0 Å². The molecule has 1 heterocycles. The van der Waals surface area contributed by atoms with Crippen molar-refractivity contribution < 1.29 is 0 Å². The van der Waals surface area contributed by atoms with Gasteiger partial charge in [-0.05, 0) is 89.7 Å². The molecule has 1 heteroatoms. The molecule has 1 aromatic heterocycles. The van der Waals surface area contributed by atoms with Crippen molar-refractivity contribution in [3.63, 3.8) is 0 Å². The van der Waals surface area contributed by atoms with E-state index in [0.717, 1.165) is 10.9 Å². The van der Waals surface area contributed by atoms with E-state index in [0.29, 0.717) is 0 Å². The summed E-state index contributed by atoms with van der Waals surface area (Å²) >= 11 is 0. The Morgan fingerprint density at radius 3 is 1.64 bits per heavy atom. The number of benzene rings is 7. The number of aromatic nitrogens is 1. The van der Waals surface area contributed by atoms with Crippen LogP contribution in [0.5, 0.6) is 0 Å². The molecule has 0 fully saturated rings. The summed E-state index contributed by atoms with van der Waals surface area (Å²) in [5, 5.41) is 3.80. The topological polar surface area (TPSA) is 12.9 Å². The van der Waals surface area contributed by atoms with E-state index in [1.807, 2.05) is 12.3 Å². The third-order valence-corrected chi connectivity index (χ3v) is 10.7. The maximum Gasteiger partial charge on any atom is 0.0780 e. The van der Waals surface area contributed by atoms with Gasteiger partial charge in [0.1, 0.15) is 0 Å². The molecule has 1 nitrogen and oxygen atoms in total. The van der Waals surface area contributed by atoms with Crippen molar-refractivity contribution >= 4 is 21.7 Å². The van der Waals surface area contributed by atoms with Crippen molar-refractivity contribution in [3.05, 3.63) is 174 Å². The predicted octanol–water partition coefficient (Wildman–Crippen LogP) is 11.0. The lowest BCUT2D eigenvalue weighted by Crippen LogP contribution is -2.26. The Hall–Kier alpha value is -5.79. The van der Waals surface area contributed by atoms with E-state index in [9.17, 15) is 0 Å². The highest BCUT2D eigenvalue weighted by Crippen LogP contribution is 2.67. The molecule has 0 bridgehead atoms. The first-order chi connectivity index (χ1) is 22.4. The van der Waals surface area contributed by atoms with Gasteiger partial charge < -0.3 is 0 Å². The standard InChI is InChI=1S/C44H25N/c1-4-21-35-28(15-1)29-16-2-5-22-36(29)44(35)37-23-6-3-17-31(37)41-38(44)25-34-30-18-7-11-26-12-8-19-32(39(26)30)40(34)42(41)33-20-9-13-27-14-10-24-45-43(27)33/h1-25H. The smallest absolute Gasteiger partial charge is 0.0780 e. The summed E-state index contributed by atoms with van der Waals surface area (Å²) in [6.07, 6.45) is 1.93. The van der Waals surface area contributed by atoms with Gasteiger partial charge >= 0.3 is 0 Å². The minimum Gasteiger partial charge on any atom is -0.256 e. The summed E-state index contributed by atoms with van der Waals surface area (Å²) in [6, 6.07) is 54.3. The second-order valence-electron chi connectivity index (χ2n) is 12.6. The zero-order valence-corrected chi connectivity index (χ0v) is 24.4. The predicted molar refractivity (Wildman–Crippen MR) is 185 cm³/mol. The number of para-hydroxylation sites is 1. The number of pyridine rings is 1. The molecule has 0 atom stereocenters. The van der Waals surface area contributed by atoms with E-state index >= 15 is 0 Å². The first-order valence-corrected chi connectivity index (χ1v) is 15.7. The molecular weight excluding hydrogens is 542 g/mol. The number of fused-ring (bicyclic) bond motifs is 14. The fraction of sp³-hybridized carbons (Fsp3) is 0.0227. The summed E-state index contributed by atoms with van der Waals surface area (Å²) in [6.45, 7) is 0. The number of hydrogen-bond acceptors (Lipinski definition) is 1. The lowest BCUT2D eigenvalue weighted by atomic mass is 9.69. The molecular formula is C44H25N. The van der Waals surface area contributed by atoms with Crippen LogP contribution in [-0.4, -0.2) is 4.98 Å². The van der Waals surface area contributed by atoms with E-state index in [2.05, 4.69) is 140 Å². The fourth-order valence-electron chi connectivity index (χ4n) is 9.09. The average Bonchev–Trinajstić information content (AvgIpc) is 3.70. The third-order valence-electron chi connectivity index (χ3n) is 10.7. The Balaban J connectivity index is 1.41. The van der Waals surface area contributed by atoms with Crippen molar-refractivity contribution in [1.29, 1.82) is 0 Å². The fourth-order valence-corrected chi connectivity index (χ4v) is 9.09. The zero-order valence-electron chi connectivity index (χ0n) is 24.4. The minimum atomic E-state index is -0.413. The molecule has 7 aromatic carbocycles.